The average molecular weight is 335 g/mol. The summed E-state index contributed by atoms with van der Waals surface area (Å²) in [5.41, 5.74) is 1.51. The maximum atomic E-state index is 12.2. The molecule has 0 radical (unpaired) electrons. The van der Waals surface area contributed by atoms with E-state index in [1.165, 1.54) is 0 Å². The predicted octanol–water partition coefficient (Wildman–Crippen LogP) is 4.60. The largest absolute Gasteiger partial charge is 0.451 e. The summed E-state index contributed by atoms with van der Waals surface area (Å²) in [6, 6.07) is 6.95. The molecule has 0 aliphatic carbocycles. The Bertz CT molecular complexity index is 823. The number of carbonyl (C=O) groups excluding carboxylic acids is 1. The number of rotatable bonds is 4. The number of hydrogen-bond donors (Lipinski definition) is 1. The van der Waals surface area contributed by atoms with Gasteiger partial charge in [0.2, 0.25) is 0 Å². The second kappa shape index (κ2) is 6.10. The highest BCUT2D eigenvalue weighted by Gasteiger charge is 2.13. The zero-order valence-electron chi connectivity index (χ0n) is 12.2. The molecule has 0 spiro atoms. The first-order chi connectivity index (χ1) is 10.5. The summed E-state index contributed by atoms with van der Waals surface area (Å²) in [7, 11) is 0. The van der Waals surface area contributed by atoms with Crippen molar-refractivity contribution in [1.29, 1.82) is 0 Å². The van der Waals surface area contributed by atoms with E-state index in [2.05, 4.69) is 24.1 Å². The molecule has 0 aliphatic rings. The highest BCUT2D eigenvalue weighted by atomic mass is 35.5. The van der Waals surface area contributed by atoms with Crippen LogP contribution in [0.4, 0.5) is 0 Å². The van der Waals surface area contributed by atoms with E-state index in [4.69, 9.17) is 16.0 Å². The van der Waals surface area contributed by atoms with Crippen molar-refractivity contribution in [3.63, 3.8) is 0 Å². The van der Waals surface area contributed by atoms with Gasteiger partial charge in [0, 0.05) is 21.7 Å². The van der Waals surface area contributed by atoms with Crippen molar-refractivity contribution in [1.82, 2.24) is 10.3 Å². The lowest BCUT2D eigenvalue weighted by Gasteiger charge is -2.00. The molecule has 1 aromatic carbocycles. The molecule has 2 aromatic heterocycles. The number of thiazole rings is 1. The van der Waals surface area contributed by atoms with Gasteiger partial charge < -0.3 is 9.73 Å². The van der Waals surface area contributed by atoms with Crippen LogP contribution in [0.25, 0.3) is 11.0 Å². The van der Waals surface area contributed by atoms with Gasteiger partial charge in [-0.3, -0.25) is 4.79 Å². The topological polar surface area (TPSA) is 55.1 Å². The van der Waals surface area contributed by atoms with Crippen LogP contribution < -0.4 is 5.32 Å². The predicted molar refractivity (Wildman–Crippen MR) is 88.6 cm³/mol. The maximum Gasteiger partial charge on any atom is 0.287 e. The van der Waals surface area contributed by atoms with E-state index >= 15 is 0 Å². The Kier molecular flexibility index (Phi) is 4.18. The van der Waals surface area contributed by atoms with E-state index in [9.17, 15) is 4.79 Å². The number of furan rings is 1. The highest BCUT2D eigenvalue weighted by molar-refractivity contribution is 7.09. The van der Waals surface area contributed by atoms with Gasteiger partial charge in [0.25, 0.3) is 5.91 Å². The van der Waals surface area contributed by atoms with Gasteiger partial charge in [-0.1, -0.05) is 25.4 Å². The minimum absolute atomic E-state index is 0.258. The van der Waals surface area contributed by atoms with Crippen molar-refractivity contribution in [3.8, 4) is 0 Å². The summed E-state index contributed by atoms with van der Waals surface area (Å²) in [4.78, 5) is 16.6. The van der Waals surface area contributed by atoms with Crippen molar-refractivity contribution in [3.05, 3.63) is 51.1 Å². The Morgan fingerprint density at radius 2 is 2.23 bits per heavy atom. The van der Waals surface area contributed by atoms with Gasteiger partial charge in [0.05, 0.1) is 17.2 Å². The molecule has 0 bridgehead atoms. The van der Waals surface area contributed by atoms with Crippen LogP contribution in [-0.2, 0) is 6.54 Å². The molecule has 1 amide bonds. The Hall–Kier alpha value is -1.85. The maximum absolute atomic E-state index is 12.2. The highest BCUT2D eigenvalue weighted by Crippen LogP contribution is 2.23. The van der Waals surface area contributed by atoms with Crippen LogP contribution in [0, 0.1) is 0 Å². The third-order valence-electron chi connectivity index (χ3n) is 3.20. The first kappa shape index (κ1) is 15.1. The van der Waals surface area contributed by atoms with E-state index in [-0.39, 0.29) is 11.7 Å². The van der Waals surface area contributed by atoms with Crippen LogP contribution in [0.15, 0.2) is 34.1 Å². The van der Waals surface area contributed by atoms with Gasteiger partial charge in [-0.15, -0.1) is 11.3 Å². The average Bonchev–Trinajstić information content (AvgIpc) is 3.10. The van der Waals surface area contributed by atoms with Crippen LogP contribution in [0.1, 0.15) is 41.0 Å². The normalized spacial score (nSPS) is 11.3. The zero-order valence-corrected chi connectivity index (χ0v) is 13.8. The Morgan fingerprint density at radius 1 is 1.41 bits per heavy atom. The molecule has 0 aliphatic heterocycles. The molecule has 114 valence electrons. The van der Waals surface area contributed by atoms with E-state index in [1.807, 2.05) is 5.38 Å². The standard InChI is InChI=1S/C16H15ClN2O2S/c1-9(2)16-19-12(8-22-16)7-18-15(20)14-6-10-5-11(17)3-4-13(10)21-14/h3-6,8-9H,7H2,1-2H3,(H,18,20). The van der Waals surface area contributed by atoms with Crippen molar-refractivity contribution in [2.75, 3.05) is 0 Å². The molecule has 0 unspecified atom stereocenters. The summed E-state index contributed by atoms with van der Waals surface area (Å²) in [5.74, 6) is 0.414. The molecule has 4 nitrogen and oxygen atoms in total. The lowest BCUT2D eigenvalue weighted by atomic mass is 10.2. The van der Waals surface area contributed by atoms with E-state index in [0.717, 1.165) is 16.1 Å². The van der Waals surface area contributed by atoms with E-state index in [1.54, 1.807) is 35.6 Å². The van der Waals surface area contributed by atoms with Gasteiger partial charge in [-0.05, 0) is 24.3 Å². The monoisotopic (exact) mass is 334 g/mol. The van der Waals surface area contributed by atoms with Gasteiger partial charge in [0.15, 0.2) is 5.76 Å². The number of carbonyl (C=O) groups is 1. The zero-order chi connectivity index (χ0) is 15.7. The Morgan fingerprint density at radius 3 is 2.95 bits per heavy atom. The molecular formula is C16H15ClN2O2S. The number of halogens is 1. The first-order valence-electron chi connectivity index (χ1n) is 6.94. The van der Waals surface area contributed by atoms with Gasteiger partial charge in [-0.25, -0.2) is 4.98 Å². The fourth-order valence-corrected chi connectivity index (χ4v) is 3.07. The van der Waals surface area contributed by atoms with Crippen LogP contribution in [0.3, 0.4) is 0 Å². The van der Waals surface area contributed by atoms with Crippen LogP contribution in [0.5, 0.6) is 0 Å². The first-order valence-corrected chi connectivity index (χ1v) is 8.20. The minimum atomic E-state index is -0.258. The number of nitrogens with zero attached hydrogens (tertiary/aromatic N) is 1. The van der Waals surface area contributed by atoms with Crippen molar-refractivity contribution >= 4 is 39.8 Å². The van der Waals surface area contributed by atoms with Crippen LogP contribution in [-0.4, -0.2) is 10.9 Å². The third kappa shape index (κ3) is 3.15. The lowest BCUT2D eigenvalue weighted by Crippen LogP contribution is -2.22. The number of aromatic nitrogens is 1. The van der Waals surface area contributed by atoms with E-state index < -0.39 is 0 Å². The van der Waals surface area contributed by atoms with Crippen LogP contribution >= 0.6 is 22.9 Å². The molecule has 3 aromatic rings. The van der Waals surface area contributed by atoms with Crippen molar-refractivity contribution in [2.24, 2.45) is 0 Å². The fourth-order valence-electron chi connectivity index (χ4n) is 2.05. The minimum Gasteiger partial charge on any atom is -0.451 e. The fraction of sp³-hybridized carbons (Fsp3) is 0.250. The van der Waals surface area contributed by atoms with Crippen molar-refractivity contribution < 1.29 is 9.21 Å². The summed E-state index contributed by atoms with van der Waals surface area (Å²) in [5, 5.41) is 7.29. The van der Waals surface area contributed by atoms with E-state index in [0.29, 0.717) is 23.1 Å². The molecule has 2 heterocycles. The summed E-state index contributed by atoms with van der Waals surface area (Å²) in [6.45, 7) is 4.58. The smallest absolute Gasteiger partial charge is 0.287 e. The SMILES string of the molecule is CC(C)c1nc(CNC(=O)c2cc3cc(Cl)ccc3o2)cs1. The summed E-state index contributed by atoms with van der Waals surface area (Å²) < 4.78 is 5.53. The molecule has 0 saturated heterocycles. The number of benzene rings is 1. The summed E-state index contributed by atoms with van der Waals surface area (Å²) >= 11 is 7.54. The molecule has 3 rings (SSSR count). The number of nitrogens with one attached hydrogen (secondary N) is 1. The molecular weight excluding hydrogens is 320 g/mol. The molecule has 0 atom stereocenters. The number of hydrogen-bond acceptors (Lipinski definition) is 4. The van der Waals surface area contributed by atoms with Crippen LogP contribution in [0.2, 0.25) is 5.02 Å². The summed E-state index contributed by atoms with van der Waals surface area (Å²) in [6.07, 6.45) is 0. The molecule has 22 heavy (non-hydrogen) atoms. The Balaban J connectivity index is 1.70. The van der Waals surface area contributed by atoms with Gasteiger partial charge in [-0.2, -0.15) is 0 Å². The lowest BCUT2D eigenvalue weighted by molar-refractivity contribution is 0.0925. The number of fused-ring (bicyclic) bond motifs is 1. The second-order valence-electron chi connectivity index (χ2n) is 5.31. The van der Waals surface area contributed by atoms with Gasteiger partial charge >= 0.3 is 0 Å². The molecule has 6 heteroatoms. The van der Waals surface area contributed by atoms with Crippen molar-refractivity contribution in [2.45, 2.75) is 26.3 Å². The molecule has 0 fully saturated rings. The third-order valence-corrected chi connectivity index (χ3v) is 4.62. The molecule has 1 N–H and O–H groups in total. The molecule has 0 saturated carbocycles. The quantitative estimate of drug-likeness (QED) is 0.758. The second-order valence-corrected chi connectivity index (χ2v) is 6.63. The Labute approximate surface area is 137 Å². The number of amides is 1. The van der Waals surface area contributed by atoms with Gasteiger partial charge in [0.1, 0.15) is 5.58 Å².